The fraction of sp³-hybridized carbons (Fsp3) is 0.625. The van der Waals surface area contributed by atoms with Gasteiger partial charge in [0.15, 0.2) is 6.19 Å². The number of piperazine rings is 1. The summed E-state index contributed by atoms with van der Waals surface area (Å²) in [5, 5.41) is 13.8. The van der Waals surface area contributed by atoms with E-state index in [-0.39, 0.29) is 24.9 Å². The summed E-state index contributed by atoms with van der Waals surface area (Å²) in [5.74, 6) is -0.376. The number of likely N-dealkylation sites (tertiary alicyclic amines) is 1. The van der Waals surface area contributed by atoms with E-state index >= 15 is 0 Å². The number of carbonyl (C=O) groups excluding carboxylic acids is 2. The van der Waals surface area contributed by atoms with Crippen molar-refractivity contribution >= 4 is 11.8 Å². The minimum atomic E-state index is -0.870. The van der Waals surface area contributed by atoms with Gasteiger partial charge in [-0.15, -0.1) is 0 Å². The number of hydrogen-bond acceptors (Lipinski definition) is 4. The van der Waals surface area contributed by atoms with Crippen molar-refractivity contribution in [3.63, 3.8) is 0 Å². The van der Waals surface area contributed by atoms with Crippen LogP contribution < -0.4 is 10.6 Å². The van der Waals surface area contributed by atoms with E-state index in [0.29, 0.717) is 13.0 Å². The van der Waals surface area contributed by atoms with Crippen LogP contribution in [0.15, 0.2) is 0 Å². The van der Waals surface area contributed by atoms with Gasteiger partial charge in [-0.25, -0.2) is 0 Å². The zero-order valence-corrected chi connectivity index (χ0v) is 7.54. The highest BCUT2D eigenvalue weighted by molar-refractivity contribution is 5.98. The average molecular weight is 194 g/mol. The fourth-order valence-corrected chi connectivity index (χ4v) is 1.88. The molecule has 1 atom stereocenters. The molecule has 2 aliphatic rings. The third-order valence-electron chi connectivity index (χ3n) is 2.63. The number of hydrogen-bond donors (Lipinski definition) is 2. The summed E-state index contributed by atoms with van der Waals surface area (Å²) in [6.45, 7) is 0.832. The molecular formula is C8H10N4O2. The molecule has 2 heterocycles. The van der Waals surface area contributed by atoms with Crippen molar-refractivity contribution in [1.82, 2.24) is 15.5 Å². The maximum atomic E-state index is 11.6. The number of rotatable bonds is 0. The molecule has 1 unspecified atom stereocenters. The Morgan fingerprint density at radius 3 is 2.93 bits per heavy atom. The number of carbonyl (C=O) groups is 2. The molecule has 2 saturated heterocycles. The molecule has 0 aromatic rings. The van der Waals surface area contributed by atoms with Crippen LogP contribution in [-0.2, 0) is 9.59 Å². The summed E-state index contributed by atoms with van der Waals surface area (Å²) >= 11 is 0. The van der Waals surface area contributed by atoms with Crippen molar-refractivity contribution in [2.45, 2.75) is 12.0 Å². The van der Waals surface area contributed by atoms with Crippen molar-refractivity contribution in [1.29, 1.82) is 5.26 Å². The van der Waals surface area contributed by atoms with Crippen molar-refractivity contribution in [3.05, 3.63) is 0 Å². The molecule has 0 aromatic heterocycles. The molecule has 6 heteroatoms. The molecule has 2 amide bonds. The number of nitriles is 1. The zero-order valence-electron chi connectivity index (χ0n) is 7.54. The van der Waals surface area contributed by atoms with Gasteiger partial charge in [0.2, 0.25) is 11.8 Å². The van der Waals surface area contributed by atoms with Gasteiger partial charge < -0.3 is 15.5 Å². The van der Waals surface area contributed by atoms with Crippen LogP contribution in [0.3, 0.4) is 0 Å². The molecule has 2 N–H and O–H groups in total. The smallest absolute Gasteiger partial charge is 0.248 e. The SMILES string of the molecule is N#CN1CCC2(C1)NC(=O)CNC2=O. The Morgan fingerprint density at radius 1 is 1.50 bits per heavy atom. The van der Waals surface area contributed by atoms with Crippen LogP contribution in [0, 0.1) is 11.5 Å². The van der Waals surface area contributed by atoms with Crippen LogP contribution in [0.2, 0.25) is 0 Å². The molecule has 2 fully saturated rings. The van der Waals surface area contributed by atoms with Crippen LogP contribution in [0.4, 0.5) is 0 Å². The molecule has 0 bridgehead atoms. The second-order valence-electron chi connectivity index (χ2n) is 3.58. The predicted molar refractivity (Wildman–Crippen MR) is 45.7 cm³/mol. The fourth-order valence-electron chi connectivity index (χ4n) is 1.88. The Labute approximate surface area is 80.9 Å². The molecule has 14 heavy (non-hydrogen) atoms. The van der Waals surface area contributed by atoms with Gasteiger partial charge in [-0.05, 0) is 6.42 Å². The van der Waals surface area contributed by atoms with Gasteiger partial charge in [-0.3, -0.25) is 9.59 Å². The lowest BCUT2D eigenvalue weighted by molar-refractivity contribution is -0.137. The van der Waals surface area contributed by atoms with E-state index in [2.05, 4.69) is 10.6 Å². The number of nitrogens with one attached hydrogen (secondary N) is 2. The first-order chi connectivity index (χ1) is 6.66. The first-order valence-electron chi connectivity index (χ1n) is 4.40. The quantitative estimate of drug-likeness (QED) is 0.444. The molecular weight excluding hydrogens is 184 g/mol. The Morgan fingerprint density at radius 2 is 2.29 bits per heavy atom. The van der Waals surface area contributed by atoms with E-state index in [0.717, 1.165) is 0 Å². The molecule has 0 saturated carbocycles. The zero-order chi connectivity index (χ0) is 10.2. The lowest BCUT2D eigenvalue weighted by atomic mass is 9.95. The lowest BCUT2D eigenvalue weighted by Crippen LogP contribution is -2.66. The summed E-state index contributed by atoms with van der Waals surface area (Å²) in [4.78, 5) is 24.2. The molecule has 74 valence electrons. The Balaban J connectivity index is 2.19. The minimum absolute atomic E-state index is 0.0349. The molecule has 0 aliphatic carbocycles. The van der Waals surface area contributed by atoms with Crippen LogP contribution in [0.25, 0.3) is 0 Å². The Kier molecular flexibility index (Phi) is 1.81. The van der Waals surface area contributed by atoms with Gasteiger partial charge in [0, 0.05) is 6.54 Å². The van der Waals surface area contributed by atoms with Gasteiger partial charge in [0.25, 0.3) is 0 Å². The highest BCUT2D eigenvalue weighted by Gasteiger charge is 2.47. The summed E-state index contributed by atoms with van der Waals surface area (Å²) in [7, 11) is 0. The number of nitrogens with zero attached hydrogens (tertiary/aromatic N) is 2. The Bertz CT molecular complexity index is 335. The van der Waals surface area contributed by atoms with E-state index in [1.165, 1.54) is 4.90 Å². The first kappa shape index (κ1) is 8.81. The molecule has 1 spiro atoms. The minimum Gasteiger partial charge on any atom is -0.345 e. The third-order valence-corrected chi connectivity index (χ3v) is 2.63. The Hall–Kier alpha value is -1.77. The van der Waals surface area contributed by atoms with Crippen LogP contribution >= 0.6 is 0 Å². The summed E-state index contributed by atoms with van der Waals surface area (Å²) < 4.78 is 0. The van der Waals surface area contributed by atoms with E-state index in [4.69, 9.17) is 5.26 Å². The largest absolute Gasteiger partial charge is 0.345 e. The molecule has 2 aliphatic heterocycles. The molecule has 0 radical (unpaired) electrons. The molecule has 0 aromatic carbocycles. The number of amides is 2. The van der Waals surface area contributed by atoms with Gasteiger partial charge in [-0.2, -0.15) is 5.26 Å². The topological polar surface area (TPSA) is 85.2 Å². The van der Waals surface area contributed by atoms with Crippen molar-refractivity contribution in [3.8, 4) is 6.19 Å². The van der Waals surface area contributed by atoms with Gasteiger partial charge in [0.05, 0.1) is 13.1 Å². The van der Waals surface area contributed by atoms with E-state index in [1.807, 2.05) is 6.19 Å². The average Bonchev–Trinajstić information content (AvgIpc) is 2.57. The molecule has 6 nitrogen and oxygen atoms in total. The van der Waals surface area contributed by atoms with Gasteiger partial charge >= 0.3 is 0 Å². The maximum Gasteiger partial charge on any atom is 0.248 e. The second-order valence-corrected chi connectivity index (χ2v) is 3.58. The highest BCUT2D eigenvalue weighted by atomic mass is 16.2. The first-order valence-corrected chi connectivity index (χ1v) is 4.40. The van der Waals surface area contributed by atoms with E-state index in [1.54, 1.807) is 0 Å². The second kappa shape index (κ2) is 2.87. The van der Waals surface area contributed by atoms with Crippen LogP contribution in [0.1, 0.15) is 6.42 Å². The summed E-state index contributed by atoms with van der Waals surface area (Å²) in [6, 6.07) is 0. The standard InChI is InChI=1S/C8H10N4O2/c9-5-12-2-1-8(4-12)7(14)10-3-6(13)11-8/h1-4H2,(H,10,14)(H,11,13). The third kappa shape index (κ3) is 1.18. The van der Waals surface area contributed by atoms with E-state index in [9.17, 15) is 9.59 Å². The van der Waals surface area contributed by atoms with Crippen LogP contribution in [-0.4, -0.2) is 41.9 Å². The van der Waals surface area contributed by atoms with Gasteiger partial charge in [0.1, 0.15) is 5.54 Å². The van der Waals surface area contributed by atoms with Crippen molar-refractivity contribution in [2.24, 2.45) is 0 Å². The van der Waals surface area contributed by atoms with Crippen molar-refractivity contribution < 1.29 is 9.59 Å². The summed E-state index contributed by atoms with van der Waals surface area (Å²) in [6.07, 6.45) is 2.47. The predicted octanol–water partition coefficient (Wildman–Crippen LogP) is -1.84. The van der Waals surface area contributed by atoms with Gasteiger partial charge in [-0.1, -0.05) is 0 Å². The molecule has 2 rings (SSSR count). The van der Waals surface area contributed by atoms with Crippen LogP contribution in [0.5, 0.6) is 0 Å². The normalized spacial score (nSPS) is 31.2. The van der Waals surface area contributed by atoms with Crippen molar-refractivity contribution in [2.75, 3.05) is 19.6 Å². The maximum absolute atomic E-state index is 11.6. The van der Waals surface area contributed by atoms with E-state index < -0.39 is 5.54 Å². The lowest BCUT2D eigenvalue weighted by Gasteiger charge is -2.32. The highest BCUT2D eigenvalue weighted by Crippen LogP contribution is 2.22. The monoisotopic (exact) mass is 194 g/mol. The summed E-state index contributed by atoms with van der Waals surface area (Å²) in [5.41, 5.74) is -0.870.